The summed E-state index contributed by atoms with van der Waals surface area (Å²) < 4.78 is 0. The first-order valence-electron chi connectivity index (χ1n) is 5.08. The zero-order valence-electron chi connectivity index (χ0n) is 9.87. The fourth-order valence-electron chi connectivity index (χ4n) is 1.61. The summed E-state index contributed by atoms with van der Waals surface area (Å²) in [4.78, 5) is 3.54. The molecule has 15 heavy (non-hydrogen) atoms. The third-order valence-corrected chi connectivity index (χ3v) is 4.01. The standard InChI is InChI=1S/C12H19NS2/c1-9-7-10(2)12(15-6-5-14)8-11(9)13(3)4/h7-8,14H,5-6H2,1-4H3. The third-order valence-electron chi connectivity index (χ3n) is 2.32. The lowest BCUT2D eigenvalue weighted by Gasteiger charge is -2.18. The number of hydrogen-bond acceptors (Lipinski definition) is 3. The molecule has 0 unspecified atom stereocenters. The molecule has 3 heteroatoms. The van der Waals surface area contributed by atoms with Crippen molar-refractivity contribution in [1.29, 1.82) is 0 Å². The predicted molar refractivity (Wildman–Crippen MR) is 74.8 cm³/mol. The predicted octanol–water partition coefficient (Wildman–Crippen LogP) is 3.39. The molecule has 0 N–H and O–H groups in total. The number of benzene rings is 1. The van der Waals surface area contributed by atoms with E-state index in [4.69, 9.17) is 0 Å². The normalized spacial score (nSPS) is 10.5. The van der Waals surface area contributed by atoms with Gasteiger partial charge in [-0.1, -0.05) is 6.07 Å². The van der Waals surface area contributed by atoms with Gasteiger partial charge in [0.25, 0.3) is 0 Å². The van der Waals surface area contributed by atoms with Crippen LogP contribution >= 0.6 is 24.4 Å². The average Bonchev–Trinajstić information content (AvgIpc) is 2.16. The molecule has 0 bridgehead atoms. The van der Waals surface area contributed by atoms with Gasteiger partial charge in [-0.2, -0.15) is 12.6 Å². The molecule has 0 spiro atoms. The van der Waals surface area contributed by atoms with Crippen molar-refractivity contribution in [2.45, 2.75) is 18.7 Å². The van der Waals surface area contributed by atoms with Gasteiger partial charge in [0.2, 0.25) is 0 Å². The zero-order chi connectivity index (χ0) is 11.4. The summed E-state index contributed by atoms with van der Waals surface area (Å²) in [5.41, 5.74) is 4.01. The quantitative estimate of drug-likeness (QED) is 0.636. The maximum absolute atomic E-state index is 4.24. The van der Waals surface area contributed by atoms with Crippen molar-refractivity contribution >= 4 is 30.1 Å². The summed E-state index contributed by atoms with van der Waals surface area (Å²) in [6.45, 7) is 4.34. The third kappa shape index (κ3) is 3.35. The SMILES string of the molecule is Cc1cc(C)c(N(C)C)cc1SCCS. The van der Waals surface area contributed by atoms with E-state index in [0.29, 0.717) is 0 Å². The summed E-state index contributed by atoms with van der Waals surface area (Å²) >= 11 is 6.12. The van der Waals surface area contributed by atoms with Crippen molar-refractivity contribution in [1.82, 2.24) is 0 Å². The van der Waals surface area contributed by atoms with Gasteiger partial charge in [-0.3, -0.25) is 0 Å². The van der Waals surface area contributed by atoms with Crippen molar-refractivity contribution in [2.75, 3.05) is 30.5 Å². The number of aryl methyl sites for hydroxylation is 2. The van der Waals surface area contributed by atoms with Crippen LogP contribution in [0.3, 0.4) is 0 Å². The van der Waals surface area contributed by atoms with Crippen molar-refractivity contribution in [3.63, 3.8) is 0 Å². The van der Waals surface area contributed by atoms with Gasteiger partial charge in [0.05, 0.1) is 0 Å². The minimum Gasteiger partial charge on any atom is -0.377 e. The van der Waals surface area contributed by atoms with Crippen LogP contribution in [0, 0.1) is 13.8 Å². The molecular weight excluding hydrogens is 222 g/mol. The molecule has 0 aliphatic heterocycles. The van der Waals surface area contributed by atoms with E-state index in [-0.39, 0.29) is 0 Å². The van der Waals surface area contributed by atoms with Crippen LogP contribution in [0.15, 0.2) is 17.0 Å². The lowest BCUT2D eigenvalue weighted by molar-refractivity contribution is 1.09. The van der Waals surface area contributed by atoms with E-state index in [1.807, 2.05) is 11.8 Å². The molecule has 0 saturated carbocycles. The Morgan fingerprint density at radius 3 is 2.40 bits per heavy atom. The van der Waals surface area contributed by atoms with Gasteiger partial charge >= 0.3 is 0 Å². The Labute approximate surface area is 103 Å². The first-order valence-corrected chi connectivity index (χ1v) is 6.70. The van der Waals surface area contributed by atoms with Gasteiger partial charge < -0.3 is 4.90 Å². The molecule has 0 amide bonds. The number of anilines is 1. The van der Waals surface area contributed by atoms with E-state index in [1.165, 1.54) is 21.7 Å². The van der Waals surface area contributed by atoms with Crippen molar-refractivity contribution in [3.8, 4) is 0 Å². The van der Waals surface area contributed by atoms with E-state index in [2.05, 4.69) is 57.6 Å². The van der Waals surface area contributed by atoms with Gasteiger partial charge in [0.1, 0.15) is 0 Å². The molecule has 1 rings (SSSR count). The monoisotopic (exact) mass is 241 g/mol. The summed E-state index contributed by atoms with van der Waals surface area (Å²) in [6.07, 6.45) is 0. The first-order chi connectivity index (χ1) is 7.06. The fraction of sp³-hybridized carbons (Fsp3) is 0.500. The lowest BCUT2D eigenvalue weighted by atomic mass is 10.1. The highest BCUT2D eigenvalue weighted by molar-refractivity contribution is 8.00. The molecule has 0 atom stereocenters. The van der Waals surface area contributed by atoms with Crippen molar-refractivity contribution in [2.24, 2.45) is 0 Å². The van der Waals surface area contributed by atoms with Crippen LogP contribution in [0.5, 0.6) is 0 Å². The average molecular weight is 241 g/mol. The second-order valence-electron chi connectivity index (χ2n) is 3.87. The van der Waals surface area contributed by atoms with Crippen molar-refractivity contribution < 1.29 is 0 Å². The van der Waals surface area contributed by atoms with E-state index in [0.717, 1.165) is 11.5 Å². The highest BCUT2D eigenvalue weighted by Crippen LogP contribution is 2.29. The summed E-state index contributed by atoms with van der Waals surface area (Å²) in [5, 5.41) is 0. The van der Waals surface area contributed by atoms with Crippen LogP contribution in [0.1, 0.15) is 11.1 Å². The Hall–Kier alpha value is -0.280. The number of thiol groups is 1. The van der Waals surface area contributed by atoms with E-state index >= 15 is 0 Å². The Bertz CT molecular complexity index is 335. The van der Waals surface area contributed by atoms with Gasteiger partial charge in [0.15, 0.2) is 0 Å². The van der Waals surface area contributed by atoms with Crippen LogP contribution in [-0.2, 0) is 0 Å². The summed E-state index contributed by atoms with van der Waals surface area (Å²) in [5.74, 6) is 2.00. The molecular formula is C12H19NS2. The zero-order valence-corrected chi connectivity index (χ0v) is 11.6. The van der Waals surface area contributed by atoms with Gasteiger partial charge in [0, 0.05) is 30.4 Å². The van der Waals surface area contributed by atoms with E-state index in [9.17, 15) is 0 Å². The molecule has 1 aromatic rings. The van der Waals surface area contributed by atoms with Crippen LogP contribution in [0.25, 0.3) is 0 Å². The number of thioether (sulfide) groups is 1. The minimum atomic E-state index is 0.926. The molecule has 1 nitrogen and oxygen atoms in total. The maximum atomic E-state index is 4.24. The maximum Gasteiger partial charge on any atom is 0.0402 e. The molecule has 0 heterocycles. The Kier molecular flexibility index (Phi) is 4.87. The molecule has 0 aromatic heterocycles. The summed E-state index contributed by atoms with van der Waals surface area (Å²) in [7, 11) is 4.18. The molecule has 0 aliphatic rings. The molecule has 1 aromatic carbocycles. The molecule has 0 saturated heterocycles. The Morgan fingerprint density at radius 1 is 1.20 bits per heavy atom. The van der Waals surface area contributed by atoms with Crippen LogP contribution in [-0.4, -0.2) is 25.6 Å². The van der Waals surface area contributed by atoms with Crippen LogP contribution in [0.4, 0.5) is 5.69 Å². The largest absolute Gasteiger partial charge is 0.377 e. The fourth-order valence-corrected chi connectivity index (χ4v) is 2.68. The minimum absolute atomic E-state index is 0.926. The first kappa shape index (κ1) is 12.8. The Morgan fingerprint density at radius 2 is 1.87 bits per heavy atom. The van der Waals surface area contributed by atoms with Gasteiger partial charge in [-0.25, -0.2) is 0 Å². The molecule has 0 radical (unpaired) electrons. The van der Waals surface area contributed by atoms with Crippen molar-refractivity contribution in [3.05, 3.63) is 23.3 Å². The topological polar surface area (TPSA) is 3.24 Å². The highest BCUT2D eigenvalue weighted by atomic mass is 32.2. The number of nitrogens with zero attached hydrogens (tertiary/aromatic N) is 1. The highest BCUT2D eigenvalue weighted by Gasteiger charge is 2.06. The van der Waals surface area contributed by atoms with Gasteiger partial charge in [-0.15, -0.1) is 11.8 Å². The molecule has 0 fully saturated rings. The van der Waals surface area contributed by atoms with E-state index < -0.39 is 0 Å². The molecule has 84 valence electrons. The van der Waals surface area contributed by atoms with E-state index in [1.54, 1.807) is 0 Å². The lowest BCUT2D eigenvalue weighted by Crippen LogP contribution is -2.10. The van der Waals surface area contributed by atoms with Crippen LogP contribution in [0.2, 0.25) is 0 Å². The molecule has 0 aliphatic carbocycles. The van der Waals surface area contributed by atoms with Crippen LogP contribution < -0.4 is 4.90 Å². The smallest absolute Gasteiger partial charge is 0.0402 e. The second kappa shape index (κ2) is 5.71. The summed E-state index contributed by atoms with van der Waals surface area (Å²) in [6, 6.07) is 4.54. The Balaban J connectivity index is 3.00. The van der Waals surface area contributed by atoms with Gasteiger partial charge in [-0.05, 0) is 36.8 Å². The second-order valence-corrected chi connectivity index (χ2v) is 5.45. The number of rotatable bonds is 4. The number of hydrogen-bond donors (Lipinski definition) is 1.